The molecule has 1 aromatic carbocycles. The van der Waals surface area contributed by atoms with Gasteiger partial charge in [-0.3, -0.25) is 9.78 Å². The lowest BCUT2D eigenvalue weighted by molar-refractivity contribution is -0.138. The van der Waals surface area contributed by atoms with Crippen molar-refractivity contribution < 1.29 is 14.7 Å². The fourth-order valence-corrected chi connectivity index (χ4v) is 2.92. The van der Waals surface area contributed by atoms with E-state index >= 15 is 0 Å². The van der Waals surface area contributed by atoms with Gasteiger partial charge in [0.2, 0.25) is 0 Å². The van der Waals surface area contributed by atoms with Crippen molar-refractivity contribution in [3.05, 3.63) is 59.9 Å². The highest BCUT2D eigenvalue weighted by Gasteiger charge is 2.30. The van der Waals surface area contributed by atoms with Crippen LogP contribution in [-0.2, 0) is 11.3 Å². The Balaban J connectivity index is 1.70. The maximum atomic E-state index is 12.3. The third-order valence-corrected chi connectivity index (χ3v) is 4.14. The van der Waals surface area contributed by atoms with Gasteiger partial charge in [-0.1, -0.05) is 30.3 Å². The van der Waals surface area contributed by atoms with E-state index in [1.807, 2.05) is 35.2 Å². The van der Waals surface area contributed by atoms with Gasteiger partial charge >= 0.3 is 5.97 Å². The van der Waals surface area contributed by atoms with Gasteiger partial charge in [-0.15, -0.1) is 0 Å². The number of anilines is 1. The molecule has 6 heteroatoms. The van der Waals surface area contributed by atoms with Crippen LogP contribution >= 0.6 is 0 Å². The molecule has 2 N–H and O–H groups in total. The maximum Gasteiger partial charge on any atom is 0.326 e. The zero-order valence-corrected chi connectivity index (χ0v) is 13.2. The Hall–Kier alpha value is -2.89. The van der Waals surface area contributed by atoms with E-state index in [4.69, 9.17) is 0 Å². The van der Waals surface area contributed by atoms with Gasteiger partial charge in [0.25, 0.3) is 5.91 Å². The number of hydrogen-bond acceptors (Lipinski definition) is 4. The molecule has 0 saturated carbocycles. The highest BCUT2D eigenvalue weighted by molar-refractivity contribution is 5.93. The Morgan fingerprint density at radius 3 is 2.79 bits per heavy atom. The van der Waals surface area contributed by atoms with E-state index in [-0.39, 0.29) is 5.91 Å². The summed E-state index contributed by atoms with van der Waals surface area (Å²) in [5, 5.41) is 12.1. The number of hydrogen-bond donors (Lipinski definition) is 2. The van der Waals surface area contributed by atoms with Crippen molar-refractivity contribution in [1.29, 1.82) is 0 Å². The number of carbonyl (C=O) groups is 2. The van der Waals surface area contributed by atoms with E-state index in [1.165, 1.54) is 0 Å². The highest BCUT2D eigenvalue weighted by Crippen LogP contribution is 2.25. The number of carboxylic acid groups (broad SMARTS) is 1. The summed E-state index contributed by atoms with van der Waals surface area (Å²) in [7, 11) is 0. The van der Waals surface area contributed by atoms with Crippen molar-refractivity contribution in [3.8, 4) is 0 Å². The second kappa shape index (κ2) is 7.12. The molecule has 0 unspecified atom stereocenters. The first-order valence-electron chi connectivity index (χ1n) is 7.93. The summed E-state index contributed by atoms with van der Waals surface area (Å²) in [5.74, 6) is -1.11. The van der Waals surface area contributed by atoms with Gasteiger partial charge in [-0.05, 0) is 30.5 Å². The van der Waals surface area contributed by atoms with Crippen LogP contribution < -0.4 is 10.2 Å². The molecule has 6 nitrogen and oxygen atoms in total. The summed E-state index contributed by atoms with van der Waals surface area (Å²) in [5.41, 5.74) is 2.02. The van der Waals surface area contributed by atoms with Crippen LogP contribution in [0.5, 0.6) is 0 Å². The molecule has 1 aliphatic rings. The number of amides is 1. The first kappa shape index (κ1) is 16.0. The second-order valence-corrected chi connectivity index (χ2v) is 5.76. The Labute approximate surface area is 140 Å². The summed E-state index contributed by atoms with van der Waals surface area (Å²) in [6, 6.07) is 12.5. The fourth-order valence-electron chi connectivity index (χ4n) is 2.92. The van der Waals surface area contributed by atoms with Gasteiger partial charge in [-0.25, -0.2) is 4.79 Å². The molecule has 0 radical (unpaired) electrons. The van der Waals surface area contributed by atoms with Crippen LogP contribution in [0, 0.1) is 0 Å². The third-order valence-electron chi connectivity index (χ3n) is 4.14. The minimum Gasteiger partial charge on any atom is -0.480 e. The lowest BCUT2D eigenvalue weighted by Gasteiger charge is -2.23. The molecule has 1 saturated heterocycles. The standard InChI is InChI=1S/C18H19N3O3/c22-17(20-12-13-5-2-1-3-6-13)15-11-14(8-9-19-15)21-10-4-7-16(21)18(23)24/h1-3,5-6,8-9,11,16H,4,7,10,12H2,(H,20,22)(H,23,24)/t16-/m0/s1. The van der Waals surface area contributed by atoms with Crippen molar-refractivity contribution in [1.82, 2.24) is 10.3 Å². The molecule has 1 atom stereocenters. The summed E-state index contributed by atoms with van der Waals surface area (Å²) in [6.07, 6.45) is 2.99. The number of nitrogens with one attached hydrogen (secondary N) is 1. The number of carboxylic acids is 1. The van der Waals surface area contributed by atoms with Gasteiger partial charge in [0.15, 0.2) is 0 Å². The normalized spacial score (nSPS) is 16.8. The van der Waals surface area contributed by atoms with Crippen LogP contribution in [0.3, 0.4) is 0 Å². The number of aromatic nitrogens is 1. The molecule has 0 spiro atoms. The van der Waals surface area contributed by atoms with Gasteiger partial charge in [-0.2, -0.15) is 0 Å². The summed E-state index contributed by atoms with van der Waals surface area (Å²) < 4.78 is 0. The molecule has 2 heterocycles. The zero-order valence-electron chi connectivity index (χ0n) is 13.2. The second-order valence-electron chi connectivity index (χ2n) is 5.76. The molecule has 1 amide bonds. The van der Waals surface area contributed by atoms with E-state index in [2.05, 4.69) is 10.3 Å². The van der Waals surface area contributed by atoms with Crippen LogP contribution in [0.4, 0.5) is 5.69 Å². The molecule has 2 aromatic rings. The molecule has 3 rings (SSSR count). The Bertz CT molecular complexity index is 733. The smallest absolute Gasteiger partial charge is 0.326 e. The first-order chi connectivity index (χ1) is 11.6. The van der Waals surface area contributed by atoms with E-state index in [0.29, 0.717) is 25.2 Å². The van der Waals surface area contributed by atoms with Crippen molar-refractivity contribution in [2.45, 2.75) is 25.4 Å². The van der Waals surface area contributed by atoms with Crippen molar-refractivity contribution in [2.24, 2.45) is 0 Å². The van der Waals surface area contributed by atoms with Gasteiger partial charge in [0.05, 0.1) is 0 Å². The first-order valence-corrected chi connectivity index (χ1v) is 7.93. The number of benzene rings is 1. The SMILES string of the molecule is O=C(NCc1ccccc1)c1cc(N2CCC[C@H]2C(=O)O)ccn1. The van der Waals surface area contributed by atoms with Crippen molar-refractivity contribution >= 4 is 17.6 Å². The molecule has 24 heavy (non-hydrogen) atoms. The molecule has 0 bridgehead atoms. The lowest BCUT2D eigenvalue weighted by Crippen LogP contribution is -2.36. The van der Waals surface area contributed by atoms with Gasteiger partial charge in [0.1, 0.15) is 11.7 Å². The lowest BCUT2D eigenvalue weighted by atomic mass is 10.2. The zero-order chi connectivity index (χ0) is 16.9. The number of pyridine rings is 1. The molecule has 1 aromatic heterocycles. The number of aliphatic carboxylic acids is 1. The monoisotopic (exact) mass is 325 g/mol. The van der Waals surface area contributed by atoms with Crippen molar-refractivity contribution in [3.63, 3.8) is 0 Å². The van der Waals surface area contributed by atoms with E-state index in [1.54, 1.807) is 18.3 Å². The minimum atomic E-state index is -0.834. The molecule has 124 valence electrons. The number of rotatable bonds is 5. The molecular formula is C18H19N3O3. The molecule has 1 fully saturated rings. The Morgan fingerprint density at radius 2 is 2.04 bits per heavy atom. The van der Waals surface area contributed by atoms with Crippen LogP contribution in [0.1, 0.15) is 28.9 Å². The number of nitrogens with zero attached hydrogens (tertiary/aromatic N) is 2. The third kappa shape index (κ3) is 3.53. The minimum absolute atomic E-state index is 0.272. The van der Waals surface area contributed by atoms with Crippen molar-refractivity contribution in [2.75, 3.05) is 11.4 Å². The van der Waals surface area contributed by atoms with E-state index < -0.39 is 12.0 Å². The maximum absolute atomic E-state index is 12.3. The average Bonchev–Trinajstić information content (AvgIpc) is 3.11. The van der Waals surface area contributed by atoms with Crippen LogP contribution in [0.15, 0.2) is 48.7 Å². The quantitative estimate of drug-likeness (QED) is 0.879. The number of carbonyl (C=O) groups excluding carboxylic acids is 1. The molecule has 1 aliphatic heterocycles. The van der Waals surface area contributed by atoms with Crippen LogP contribution in [0.25, 0.3) is 0 Å². The van der Waals surface area contributed by atoms with Crippen LogP contribution in [-0.4, -0.2) is 34.6 Å². The van der Waals surface area contributed by atoms with E-state index in [9.17, 15) is 14.7 Å². The summed E-state index contributed by atoms with van der Waals surface area (Å²) >= 11 is 0. The Kier molecular flexibility index (Phi) is 4.74. The van der Waals surface area contributed by atoms with Gasteiger partial charge in [0, 0.05) is 25.0 Å². The average molecular weight is 325 g/mol. The van der Waals surface area contributed by atoms with E-state index in [0.717, 1.165) is 17.7 Å². The topological polar surface area (TPSA) is 82.5 Å². The molecular weight excluding hydrogens is 306 g/mol. The largest absolute Gasteiger partial charge is 0.480 e. The molecule has 0 aliphatic carbocycles. The summed E-state index contributed by atoms with van der Waals surface area (Å²) in [4.78, 5) is 29.5. The summed E-state index contributed by atoms with van der Waals surface area (Å²) in [6.45, 7) is 1.10. The highest BCUT2D eigenvalue weighted by atomic mass is 16.4. The predicted molar refractivity (Wildman–Crippen MR) is 89.9 cm³/mol. The Morgan fingerprint density at radius 1 is 1.25 bits per heavy atom. The fraction of sp³-hybridized carbons (Fsp3) is 0.278. The van der Waals surface area contributed by atoms with Gasteiger partial charge < -0.3 is 15.3 Å². The predicted octanol–water partition coefficient (Wildman–Crippen LogP) is 2.06. The van der Waals surface area contributed by atoms with Crippen LogP contribution in [0.2, 0.25) is 0 Å².